The van der Waals surface area contributed by atoms with Crippen LogP contribution in [-0.4, -0.2) is 38.5 Å². The Hall–Kier alpha value is -0.330. The van der Waals surface area contributed by atoms with E-state index in [0.29, 0.717) is 35.8 Å². The van der Waals surface area contributed by atoms with Crippen molar-refractivity contribution in [2.45, 2.75) is 51.6 Å². The lowest BCUT2D eigenvalue weighted by Gasteiger charge is -2.30. The lowest BCUT2D eigenvalue weighted by atomic mass is 10.2. The van der Waals surface area contributed by atoms with Gasteiger partial charge in [0.15, 0.2) is 0 Å². The summed E-state index contributed by atoms with van der Waals surface area (Å²) in [5.41, 5.74) is 0.678. The van der Waals surface area contributed by atoms with E-state index in [4.69, 9.17) is 23.2 Å². The summed E-state index contributed by atoms with van der Waals surface area (Å²) in [4.78, 5) is 2.29. The first-order valence-corrected chi connectivity index (χ1v) is 9.51. The zero-order valence-corrected chi connectivity index (χ0v) is 16.0. The van der Waals surface area contributed by atoms with Crippen LogP contribution in [0.4, 0.5) is 0 Å². The largest absolute Gasteiger partial charge is 0.297 e. The van der Waals surface area contributed by atoms with Gasteiger partial charge in [0.2, 0.25) is 10.0 Å². The summed E-state index contributed by atoms with van der Waals surface area (Å²) in [6.07, 6.45) is 0. The maximum atomic E-state index is 12.4. The highest BCUT2D eigenvalue weighted by Crippen LogP contribution is 2.27. The number of nitrogens with zero attached hydrogens (tertiary/aromatic N) is 1. The summed E-state index contributed by atoms with van der Waals surface area (Å²) in [5.74, 6) is 0. The summed E-state index contributed by atoms with van der Waals surface area (Å²) in [5, 5.41) is 0.586. The molecule has 0 aromatic heterocycles. The highest BCUT2D eigenvalue weighted by Gasteiger charge is 2.20. The predicted octanol–water partition coefficient (Wildman–Crippen LogP) is 3.70. The van der Waals surface area contributed by atoms with E-state index in [1.54, 1.807) is 6.92 Å². The molecule has 7 heteroatoms. The summed E-state index contributed by atoms with van der Waals surface area (Å²) in [6.45, 7) is 11.1. The number of nitrogens with one attached hydrogen (secondary N) is 1. The van der Waals surface area contributed by atoms with Crippen molar-refractivity contribution in [2.75, 3.05) is 13.1 Å². The van der Waals surface area contributed by atoms with Crippen LogP contribution in [0, 0.1) is 6.92 Å². The van der Waals surface area contributed by atoms with Gasteiger partial charge in [0, 0.05) is 30.2 Å². The smallest absolute Gasteiger partial charge is 0.242 e. The number of benzene rings is 1. The van der Waals surface area contributed by atoms with Gasteiger partial charge in [-0.25, -0.2) is 13.1 Å². The third kappa shape index (κ3) is 5.10. The Morgan fingerprint density at radius 3 is 2.14 bits per heavy atom. The van der Waals surface area contributed by atoms with Crippen molar-refractivity contribution in [3.05, 3.63) is 27.7 Å². The minimum absolute atomic E-state index is 0.0664. The SMILES string of the molecule is Cc1cc(S(=O)(=O)NCCN(C(C)C)C(C)C)c(Cl)cc1Cl. The van der Waals surface area contributed by atoms with Crippen LogP contribution in [0.1, 0.15) is 33.3 Å². The number of hydrogen-bond acceptors (Lipinski definition) is 3. The molecule has 0 fully saturated rings. The van der Waals surface area contributed by atoms with Crippen molar-refractivity contribution in [2.24, 2.45) is 0 Å². The number of hydrogen-bond donors (Lipinski definition) is 1. The molecule has 0 radical (unpaired) electrons. The topological polar surface area (TPSA) is 49.4 Å². The minimum atomic E-state index is -3.64. The lowest BCUT2D eigenvalue weighted by molar-refractivity contribution is 0.179. The van der Waals surface area contributed by atoms with Crippen molar-refractivity contribution < 1.29 is 8.42 Å². The second-order valence-electron chi connectivity index (χ2n) is 5.85. The first-order chi connectivity index (χ1) is 10.1. The molecule has 1 aromatic carbocycles. The van der Waals surface area contributed by atoms with Gasteiger partial charge in [-0.15, -0.1) is 0 Å². The zero-order chi connectivity index (χ0) is 17.1. The van der Waals surface area contributed by atoms with Gasteiger partial charge in [0.25, 0.3) is 0 Å². The van der Waals surface area contributed by atoms with Gasteiger partial charge in [-0.05, 0) is 52.3 Å². The minimum Gasteiger partial charge on any atom is -0.297 e. The predicted molar refractivity (Wildman–Crippen MR) is 93.4 cm³/mol. The third-order valence-electron chi connectivity index (χ3n) is 3.49. The molecular formula is C15H24Cl2N2O2S. The molecule has 0 bridgehead atoms. The summed E-state index contributed by atoms with van der Waals surface area (Å²) in [6, 6.07) is 3.66. The molecule has 0 unspecified atom stereocenters. The molecule has 1 rings (SSSR count). The Bertz CT molecular complexity index is 608. The van der Waals surface area contributed by atoms with E-state index >= 15 is 0 Å². The van der Waals surface area contributed by atoms with Crippen molar-refractivity contribution >= 4 is 33.2 Å². The van der Waals surface area contributed by atoms with Gasteiger partial charge < -0.3 is 0 Å². The fourth-order valence-corrected chi connectivity index (χ4v) is 4.19. The number of sulfonamides is 1. The third-order valence-corrected chi connectivity index (χ3v) is 5.82. The molecule has 0 aliphatic carbocycles. The zero-order valence-electron chi connectivity index (χ0n) is 13.7. The Labute approximate surface area is 143 Å². The van der Waals surface area contributed by atoms with Crippen LogP contribution in [0.15, 0.2) is 17.0 Å². The van der Waals surface area contributed by atoms with Crippen LogP contribution in [0.5, 0.6) is 0 Å². The number of aryl methyl sites for hydroxylation is 1. The summed E-state index contributed by atoms with van der Waals surface area (Å²) < 4.78 is 27.4. The molecule has 1 aromatic rings. The second kappa shape index (κ2) is 7.97. The van der Waals surface area contributed by atoms with Crippen molar-refractivity contribution in [3.8, 4) is 0 Å². The lowest BCUT2D eigenvalue weighted by Crippen LogP contribution is -2.42. The van der Waals surface area contributed by atoms with Crippen LogP contribution in [0.3, 0.4) is 0 Å². The average molecular weight is 367 g/mol. The average Bonchev–Trinajstić information content (AvgIpc) is 2.37. The van der Waals surface area contributed by atoms with E-state index in [2.05, 4.69) is 37.3 Å². The van der Waals surface area contributed by atoms with Crippen LogP contribution < -0.4 is 4.72 Å². The highest BCUT2D eigenvalue weighted by molar-refractivity contribution is 7.89. The Kier molecular flexibility index (Phi) is 7.15. The van der Waals surface area contributed by atoms with Gasteiger partial charge in [0.05, 0.1) is 5.02 Å². The molecule has 0 aliphatic heterocycles. The maximum Gasteiger partial charge on any atom is 0.242 e. The van der Waals surface area contributed by atoms with E-state index < -0.39 is 10.0 Å². The van der Waals surface area contributed by atoms with Crippen molar-refractivity contribution in [3.63, 3.8) is 0 Å². The first-order valence-electron chi connectivity index (χ1n) is 7.27. The molecule has 0 spiro atoms. The standard InChI is InChI=1S/C15H24Cl2N2O2S/c1-10(2)19(11(3)4)7-6-18-22(20,21)15-8-12(5)13(16)9-14(15)17/h8-11,18H,6-7H2,1-5H3. The Morgan fingerprint density at radius 1 is 1.09 bits per heavy atom. The van der Waals surface area contributed by atoms with Crippen LogP contribution in [0.2, 0.25) is 10.0 Å². The molecule has 1 N–H and O–H groups in total. The van der Waals surface area contributed by atoms with Crippen molar-refractivity contribution in [1.29, 1.82) is 0 Å². The molecule has 126 valence electrons. The molecule has 0 saturated carbocycles. The van der Waals surface area contributed by atoms with Crippen molar-refractivity contribution in [1.82, 2.24) is 9.62 Å². The molecule has 0 saturated heterocycles. The van der Waals surface area contributed by atoms with E-state index in [1.165, 1.54) is 12.1 Å². The second-order valence-corrected chi connectivity index (χ2v) is 8.40. The van der Waals surface area contributed by atoms with E-state index in [0.717, 1.165) is 0 Å². The van der Waals surface area contributed by atoms with Crippen LogP contribution in [0.25, 0.3) is 0 Å². The van der Waals surface area contributed by atoms with Gasteiger partial charge in [0.1, 0.15) is 4.90 Å². The summed E-state index contributed by atoms with van der Waals surface area (Å²) >= 11 is 12.0. The van der Waals surface area contributed by atoms with E-state index in [1.807, 2.05) is 0 Å². The maximum absolute atomic E-state index is 12.4. The van der Waals surface area contributed by atoms with Gasteiger partial charge in [-0.2, -0.15) is 0 Å². The normalized spacial score (nSPS) is 12.6. The quantitative estimate of drug-likeness (QED) is 0.800. The molecule has 0 amide bonds. The Morgan fingerprint density at radius 2 is 1.64 bits per heavy atom. The molecule has 0 aliphatic rings. The number of rotatable bonds is 7. The molecule has 22 heavy (non-hydrogen) atoms. The summed E-state index contributed by atoms with van der Waals surface area (Å²) in [7, 11) is -3.64. The van der Waals surface area contributed by atoms with E-state index in [9.17, 15) is 8.42 Å². The fourth-order valence-electron chi connectivity index (χ4n) is 2.34. The van der Waals surface area contributed by atoms with Crippen LogP contribution in [-0.2, 0) is 10.0 Å². The van der Waals surface area contributed by atoms with Gasteiger partial charge in [-0.1, -0.05) is 23.2 Å². The fraction of sp³-hybridized carbons (Fsp3) is 0.600. The number of halogens is 2. The monoisotopic (exact) mass is 366 g/mol. The first kappa shape index (κ1) is 19.7. The molecule has 0 heterocycles. The van der Waals surface area contributed by atoms with Gasteiger partial charge in [-0.3, -0.25) is 4.90 Å². The molecular weight excluding hydrogens is 343 g/mol. The van der Waals surface area contributed by atoms with E-state index in [-0.39, 0.29) is 9.92 Å². The Balaban J connectivity index is 2.83. The molecule has 0 atom stereocenters. The van der Waals surface area contributed by atoms with Crippen LogP contribution >= 0.6 is 23.2 Å². The highest BCUT2D eigenvalue weighted by atomic mass is 35.5. The molecule has 4 nitrogen and oxygen atoms in total. The van der Waals surface area contributed by atoms with Gasteiger partial charge >= 0.3 is 0 Å².